The van der Waals surface area contributed by atoms with E-state index in [9.17, 15) is 14.2 Å². The van der Waals surface area contributed by atoms with E-state index in [-0.39, 0.29) is 11.8 Å². The Bertz CT molecular complexity index is 1030. The van der Waals surface area contributed by atoms with Gasteiger partial charge in [-0.05, 0) is 49.2 Å². The Hall–Kier alpha value is -3.75. The molecule has 148 valence electrons. The lowest BCUT2D eigenvalue weighted by atomic mass is 10.1. The highest BCUT2D eigenvalue weighted by Crippen LogP contribution is 2.25. The second kappa shape index (κ2) is 8.96. The average Bonchev–Trinajstić information content (AvgIpc) is 2.75. The molecule has 3 aromatic rings. The van der Waals surface area contributed by atoms with Gasteiger partial charge in [-0.15, -0.1) is 0 Å². The number of anilines is 4. The molecule has 0 saturated heterocycles. The summed E-state index contributed by atoms with van der Waals surface area (Å²) in [5.74, 6) is -0.475. The molecule has 1 heterocycles. The smallest absolute Gasteiger partial charge is 0.229 e. The van der Waals surface area contributed by atoms with Crippen LogP contribution in [0.2, 0.25) is 0 Å². The number of rotatable bonds is 8. The lowest BCUT2D eigenvalue weighted by Gasteiger charge is -2.12. The number of aromatic nitrogens is 2. The van der Waals surface area contributed by atoms with E-state index in [4.69, 9.17) is 0 Å². The van der Waals surface area contributed by atoms with Gasteiger partial charge in [-0.2, -0.15) is 14.8 Å². The van der Waals surface area contributed by atoms with Gasteiger partial charge in [0.25, 0.3) is 0 Å². The van der Waals surface area contributed by atoms with Gasteiger partial charge in [0.1, 0.15) is 12.1 Å². The highest BCUT2D eigenvalue weighted by Gasteiger charge is 2.11. The number of nitrogens with one attached hydrogen (secondary N) is 2. The maximum Gasteiger partial charge on any atom is 0.229 e. The van der Waals surface area contributed by atoms with Crippen LogP contribution in [0.25, 0.3) is 0 Å². The summed E-state index contributed by atoms with van der Waals surface area (Å²) >= 11 is 0. The monoisotopic (exact) mass is 394 g/mol. The Labute approximate surface area is 166 Å². The van der Waals surface area contributed by atoms with Crippen LogP contribution < -0.4 is 10.6 Å². The van der Waals surface area contributed by atoms with Gasteiger partial charge in [0, 0.05) is 11.4 Å². The third-order valence-electron chi connectivity index (χ3n) is 4.32. The first-order chi connectivity index (χ1) is 14.0. The summed E-state index contributed by atoms with van der Waals surface area (Å²) in [7, 11) is 0. The van der Waals surface area contributed by atoms with Crippen molar-refractivity contribution in [3.8, 4) is 0 Å². The van der Waals surface area contributed by atoms with E-state index in [0.29, 0.717) is 16.9 Å². The molecule has 2 aromatic carbocycles. The molecule has 0 fully saturated rings. The molecule has 0 saturated carbocycles. The Morgan fingerprint density at radius 1 is 0.897 bits per heavy atom. The fourth-order valence-electron chi connectivity index (χ4n) is 2.66. The molecule has 0 aliphatic heterocycles. The summed E-state index contributed by atoms with van der Waals surface area (Å²) in [6, 6.07) is 13.0. The van der Waals surface area contributed by atoms with Crippen molar-refractivity contribution in [2.75, 3.05) is 10.6 Å². The Kier molecular flexibility index (Phi) is 6.18. The van der Waals surface area contributed by atoms with Crippen LogP contribution >= 0.6 is 0 Å². The number of benzene rings is 2. The molecule has 0 aliphatic rings. The summed E-state index contributed by atoms with van der Waals surface area (Å²) in [5, 5.41) is 11.9. The van der Waals surface area contributed by atoms with Crippen LogP contribution in [-0.2, 0) is 0 Å². The zero-order chi connectivity index (χ0) is 20.8. The second-order valence-electron chi connectivity index (χ2n) is 6.45. The van der Waals surface area contributed by atoms with Gasteiger partial charge < -0.3 is 10.6 Å². The van der Waals surface area contributed by atoms with Crippen molar-refractivity contribution in [3.05, 3.63) is 81.5 Å². The lowest BCUT2D eigenvalue weighted by Crippen LogP contribution is -2.04. The van der Waals surface area contributed by atoms with Gasteiger partial charge in [-0.3, -0.25) is 0 Å². The summed E-state index contributed by atoms with van der Waals surface area (Å²) in [4.78, 5) is 29.6. The SMILES string of the molecule is CC(N=O)c1cccc(Nc2ncc(F)c(Nc3cccc(C(C)N=O)c3)n2)c1. The molecular weight excluding hydrogens is 375 g/mol. The Morgan fingerprint density at radius 3 is 2.00 bits per heavy atom. The number of halogens is 1. The molecule has 2 atom stereocenters. The zero-order valence-electron chi connectivity index (χ0n) is 15.8. The van der Waals surface area contributed by atoms with Crippen molar-refractivity contribution < 1.29 is 4.39 Å². The molecule has 8 nitrogen and oxygen atoms in total. The Balaban J connectivity index is 1.82. The first-order valence-corrected chi connectivity index (χ1v) is 8.91. The normalized spacial score (nSPS) is 12.7. The van der Waals surface area contributed by atoms with Gasteiger partial charge in [0.05, 0.1) is 6.20 Å². The molecule has 2 N–H and O–H groups in total. The predicted octanol–water partition coefficient (Wildman–Crippen LogP) is 5.76. The molecule has 9 heteroatoms. The van der Waals surface area contributed by atoms with Crippen molar-refractivity contribution in [1.29, 1.82) is 0 Å². The van der Waals surface area contributed by atoms with E-state index in [1.54, 1.807) is 62.4 Å². The van der Waals surface area contributed by atoms with Gasteiger partial charge in [-0.1, -0.05) is 34.6 Å². The Morgan fingerprint density at radius 2 is 1.45 bits per heavy atom. The summed E-state index contributed by atoms with van der Waals surface area (Å²) in [5.41, 5.74) is 2.64. The van der Waals surface area contributed by atoms with Crippen molar-refractivity contribution >= 4 is 23.1 Å². The van der Waals surface area contributed by atoms with E-state index < -0.39 is 17.9 Å². The van der Waals surface area contributed by atoms with E-state index >= 15 is 0 Å². The fraction of sp³-hybridized carbons (Fsp3) is 0.200. The second-order valence-corrected chi connectivity index (χ2v) is 6.45. The summed E-state index contributed by atoms with van der Waals surface area (Å²) in [6.07, 6.45) is 1.05. The van der Waals surface area contributed by atoms with Crippen LogP contribution in [0.15, 0.2) is 65.1 Å². The number of nitrogens with zero attached hydrogens (tertiary/aromatic N) is 4. The van der Waals surface area contributed by atoms with E-state index in [1.807, 2.05) is 0 Å². The first-order valence-electron chi connectivity index (χ1n) is 8.91. The molecule has 1 aromatic heterocycles. The van der Waals surface area contributed by atoms with Crippen LogP contribution in [0.1, 0.15) is 37.1 Å². The quantitative estimate of drug-likeness (QED) is 0.470. The highest BCUT2D eigenvalue weighted by molar-refractivity contribution is 5.61. The number of hydrogen-bond donors (Lipinski definition) is 2. The first kappa shape index (κ1) is 20.0. The highest BCUT2D eigenvalue weighted by atomic mass is 19.1. The molecule has 0 spiro atoms. The zero-order valence-corrected chi connectivity index (χ0v) is 15.8. The standard InChI is InChI=1S/C20H19FN6O2/c1-12(26-28)14-5-3-7-16(9-14)23-19-18(21)11-22-20(25-19)24-17-8-4-6-15(10-17)13(2)27-29/h3-13H,1-2H3,(H2,22,23,24,25). The van der Waals surface area contributed by atoms with Crippen LogP contribution in [0.5, 0.6) is 0 Å². The maximum atomic E-state index is 14.2. The minimum Gasteiger partial charge on any atom is -0.338 e. The van der Waals surface area contributed by atoms with E-state index in [1.165, 1.54) is 0 Å². The molecule has 0 aliphatic carbocycles. The molecule has 0 radical (unpaired) electrons. The topological polar surface area (TPSA) is 109 Å². The molecule has 2 unspecified atom stereocenters. The van der Waals surface area contributed by atoms with Crippen molar-refractivity contribution in [2.45, 2.75) is 25.9 Å². The molecule has 0 amide bonds. The summed E-state index contributed by atoms with van der Waals surface area (Å²) < 4.78 is 14.2. The summed E-state index contributed by atoms with van der Waals surface area (Å²) in [6.45, 7) is 3.37. The third kappa shape index (κ3) is 4.95. The number of nitroso groups, excluding NO2 is 2. The minimum atomic E-state index is -0.630. The van der Waals surface area contributed by atoms with Gasteiger partial charge in [0.2, 0.25) is 5.95 Å². The molecular formula is C20H19FN6O2. The van der Waals surface area contributed by atoms with Crippen molar-refractivity contribution in [1.82, 2.24) is 9.97 Å². The van der Waals surface area contributed by atoms with Crippen LogP contribution in [-0.4, -0.2) is 9.97 Å². The van der Waals surface area contributed by atoms with Crippen molar-refractivity contribution in [2.24, 2.45) is 10.4 Å². The van der Waals surface area contributed by atoms with Gasteiger partial charge in [-0.25, -0.2) is 9.37 Å². The molecule has 3 rings (SSSR count). The maximum absolute atomic E-state index is 14.2. The van der Waals surface area contributed by atoms with Crippen LogP contribution in [0.4, 0.5) is 27.5 Å². The molecule has 0 bridgehead atoms. The van der Waals surface area contributed by atoms with Crippen LogP contribution in [0.3, 0.4) is 0 Å². The largest absolute Gasteiger partial charge is 0.338 e. The third-order valence-corrected chi connectivity index (χ3v) is 4.32. The number of hydrogen-bond acceptors (Lipinski definition) is 8. The van der Waals surface area contributed by atoms with E-state index in [0.717, 1.165) is 11.8 Å². The van der Waals surface area contributed by atoms with Crippen molar-refractivity contribution in [3.63, 3.8) is 0 Å². The lowest BCUT2D eigenvalue weighted by molar-refractivity contribution is 0.619. The van der Waals surface area contributed by atoms with Gasteiger partial charge >= 0.3 is 0 Å². The predicted molar refractivity (Wildman–Crippen MR) is 110 cm³/mol. The van der Waals surface area contributed by atoms with Gasteiger partial charge in [0.15, 0.2) is 11.6 Å². The molecule has 29 heavy (non-hydrogen) atoms. The fourth-order valence-corrected chi connectivity index (χ4v) is 2.66. The van der Waals surface area contributed by atoms with E-state index in [2.05, 4.69) is 31.0 Å². The average molecular weight is 394 g/mol. The minimum absolute atomic E-state index is 0.0227. The van der Waals surface area contributed by atoms with Crippen LogP contribution in [0, 0.1) is 15.6 Å².